The molecule has 0 amide bonds. The lowest BCUT2D eigenvalue weighted by molar-refractivity contribution is -0.132. The molecule has 76 valence electrons. The molecular formula is C11H20O2. The first kappa shape index (κ1) is 12.2. The molecule has 2 heteroatoms. The van der Waals surface area contributed by atoms with E-state index in [-0.39, 0.29) is 0 Å². The van der Waals surface area contributed by atoms with Crippen molar-refractivity contribution in [3.05, 3.63) is 11.6 Å². The molecule has 13 heavy (non-hydrogen) atoms. The fraction of sp³-hybridized carbons (Fsp3) is 0.727. The number of hydrogen-bond acceptors (Lipinski definition) is 1. The molecule has 2 atom stereocenters. The van der Waals surface area contributed by atoms with E-state index in [1.165, 1.54) is 0 Å². The maximum atomic E-state index is 10.5. The molecule has 0 spiro atoms. The summed E-state index contributed by atoms with van der Waals surface area (Å²) in [6, 6.07) is 0. The predicted octanol–water partition coefficient (Wildman–Crippen LogP) is 3.09. The number of hydrogen-bond donors (Lipinski definition) is 1. The van der Waals surface area contributed by atoms with Crippen molar-refractivity contribution in [3.8, 4) is 0 Å². The van der Waals surface area contributed by atoms with Gasteiger partial charge in [0.05, 0.1) is 0 Å². The molecule has 0 radical (unpaired) electrons. The Morgan fingerprint density at radius 1 is 1.46 bits per heavy atom. The number of aliphatic carboxylic acids is 1. The highest BCUT2D eigenvalue weighted by Gasteiger charge is 2.07. The maximum Gasteiger partial charge on any atom is 0.330 e. The predicted molar refractivity (Wildman–Crippen MR) is 54.6 cm³/mol. The van der Waals surface area contributed by atoms with Gasteiger partial charge < -0.3 is 5.11 Å². The van der Waals surface area contributed by atoms with E-state index in [4.69, 9.17) is 5.11 Å². The van der Waals surface area contributed by atoms with Gasteiger partial charge in [0, 0.05) is 5.57 Å². The number of allylic oxidation sites excluding steroid dienone is 1. The lowest BCUT2D eigenvalue weighted by atomic mass is 9.94. The molecule has 0 unspecified atom stereocenters. The van der Waals surface area contributed by atoms with Crippen LogP contribution < -0.4 is 0 Å². The van der Waals surface area contributed by atoms with E-state index >= 15 is 0 Å². The summed E-state index contributed by atoms with van der Waals surface area (Å²) in [4.78, 5) is 10.5. The van der Waals surface area contributed by atoms with Crippen LogP contribution in [0.25, 0.3) is 0 Å². The average Bonchev–Trinajstić information content (AvgIpc) is 2.03. The van der Waals surface area contributed by atoms with Crippen molar-refractivity contribution < 1.29 is 9.90 Å². The number of rotatable bonds is 5. The lowest BCUT2D eigenvalue weighted by Gasteiger charge is -2.12. The fourth-order valence-electron chi connectivity index (χ4n) is 1.37. The first-order chi connectivity index (χ1) is 5.97. The number of carbonyl (C=O) groups is 1. The number of carboxylic acids is 1. The Morgan fingerprint density at radius 3 is 2.38 bits per heavy atom. The summed E-state index contributed by atoms with van der Waals surface area (Å²) >= 11 is 0. The standard InChI is InChI=1S/C11H20O2/c1-5-8(2)6-9(3)7-10(4)11(12)13/h7-9H,5-6H2,1-4H3,(H,12,13)/b10-7+/t8-,9-/m1/s1. The molecule has 0 aliphatic heterocycles. The minimum atomic E-state index is -0.809. The third-order valence-electron chi connectivity index (χ3n) is 2.34. The summed E-state index contributed by atoms with van der Waals surface area (Å²) in [5.74, 6) is 0.231. The van der Waals surface area contributed by atoms with Crippen molar-refractivity contribution >= 4 is 5.97 Å². The van der Waals surface area contributed by atoms with Gasteiger partial charge in [-0.3, -0.25) is 0 Å². The highest BCUT2D eigenvalue weighted by molar-refractivity contribution is 5.85. The fourth-order valence-corrected chi connectivity index (χ4v) is 1.37. The van der Waals surface area contributed by atoms with Crippen LogP contribution in [0.15, 0.2) is 11.6 Å². The molecule has 0 heterocycles. The van der Waals surface area contributed by atoms with Crippen LogP contribution in [-0.2, 0) is 4.79 Å². The average molecular weight is 184 g/mol. The maximum absolute atomic E-state index is 10.5. The van der Waals surface area contributed by atoms with Crippen molar-refractivity contribution in [3.63, 3.8) is 0 Å². The van der Waals surface area contributed by atoms with Crippen molar-refractivity contribution in [1.29, 1.82) is 0 Å². The van der Waals surface area contributed by atoms with Gasteiger partial charge in [-0.15, -0.1) is 0 Å². The van der Waals surface area contributed by atoms with Crippen LogP contribution in [0.2, 0.25) is 0 Å². The van der Waals surface area contributed by atoms with E-state index in [1.54, 1.807) is 6.92 Å². The Morgan fingerprint density at radius 2 is 2.00 bits per heavy atom. The highest BCUT2D eigenvalue weighted by Crippen LogP contribution is 2.16. The summed E-state index contributed by atoms with van der Waals surface area (Å²) in [5.41, 5.74) is 0.454. The molecule has 0 saturated heterocycles. The molecule has 0 fully saturated rings. The topological polar surface area (TPSA) is 37.3 Å². The van der Waals surface area contributed by atoms with Gasteiger partial charge in [0.25, 0.3) is 0 Å². The summed E-state index contributed by atoms with van der Waals surface area (Å²) in [7, 11) is 0. The van der Waals surface area contributed by atoms with E-state index in [0.29, 0.717) is 17.4 Å². The third kappa shape index (κ3) is 5.45. The minimum absolute atomic E-state index is 0.367. The van der Waals surface area contributed by atoms with E-state index in [0.717, 1.165) is 12.8 Å². The summed E-state index contributed by atoms with van der Waals surface area (Å²) in [6.07, 6.45) is 4.07. The highest BCUT2D eigenvalue weighted by atomic mass is 16.4. The second-order valence-corrected chi connectivity index (χ2v) is 3.88. The zero-order chi connectivity index (χ0) is 10.4. The Kier molecular flexibility index (Phi) is 5.44. The van der Waals surface area contributed by atoms with Gasteiger partial charge in [-0.2, -0.15) is 0 Å². The number of carboxylic acid groups (broad SMARTS) is 1. The minimum Gasteiger partial charge on any atom is -0.478 e. The van der Waals surface area contributed by atoms with Crippen molar-refractivity contribution in [1.82, 2.24) is 0 Å². The second kappa shape index (κ2) is 5.79. The van der Waals surface area contributed by atoms with Crippen LogP contribution in [0.5, 0.6) is 0 Å². The van der Waals surface area contributed by atoms with Crippen LogP contribution in [0.1, 0.15) is 40.5 Å². The van der Waals surface area contributed by atoms with Crippen LogP contribution >= 0.6 is 0 Å². The first-order valence-corrected chi connectivity index (χ1v) is 4.89. The summed E-state index contributed by atoms with van der Waals surface area (Å²) in [6.45, 7) is 8.07. The van der Waals surface area contributed by atoms with Crippen molar-refractivity contribution in [2.45, 2.75) is 40.5 Å². The van der Waals surface area contributed by atoms with Gasteiger partial charge in [0.2, 0.25) is 0 Å². The molecule has 2 nitrogen and oxygen atoms in total. The van der Waals surface area contributed by atoms with E-state index in [2.05, 4.69) is 20.8 Å². The Hall–Kier alpha value is -0.790. The largest absolute Gasteiger partial charge is 0.478 e. The molecule has 0 bridgehead atoms. The SMILES string of the molecule is CC[C@@H](C)C[C@@H](C)/C=C(\C)C(=O)O. The van der Waals surface area contributed by atoms with Crippen molar-refractivity contribution in [2.75, 3.05) is 0 Å². The molecule has 0 aromatic carbocycles. The summed E-state index contributed by atoms with van der Waals surface area (Å²) < 4.78 is 0. The van der Waals surface area contributed by atoms with Gasteiger partial charge in [0.15, 0.2) is 0 Å². The smallest absolute Gasteiger partial charge is 0.330 e. The van der Waals surface area contributed by atoms with Crippen molar-refractivity contribution in [2.24, 2.45) is 11.8 Å². The van der Waals surface area contributed by atoms with Crippen LogP contribution in [0.3, 0.4) is 0 Å². The molecule has 0 aliphatic rings. The quantitative estimate of drug-likeness (QED) is 0.667. The molecular weight excluding hydrogens is 164 g/mol. The van der Waals surface area contributed by atoms with Crippen LogP contribution in [0, 0.1) is 11.8 Å². The van der Waals surface area contributed by atoms with E-state index in [1.807, 2.05) is 6.08 Å². The lowest BCUT2D eigenvalue weighted by Crippen LogP contribution is -2.03. The van der Waals surface area contributed by atoms with Crippen LogP contribution in [0.4, 0.5) is 0 Å². The first-order valence-electron chi connectivity index (χ1n) is 4.89. The van der Waals surface area contributed by atoms with Gasteiger partial charge >= 0.3 is 5.97 Å². The van der Waals surface area contributed by atoms with Gasteiger partial charge in [-0.1, -0.05) is 33.3 Å². The van der Waals surface area contributed by atoms with Gasteiger partial charge in [-0.05, 0) is 25.2 Å². The molecule has 0 aliphatic carbocycles. The second-order valence-electron chi connectivity index (χ2n) is 3.88. The zero-order valence-corrected chi connectivity index (χ0v) is 9.00. The van der Waals surface area contributed by atoms with Crippen LogP contribution in [-0.4, -0.2) is 11.1 Å². The van der Waals surface area contributed by atoms with Gasteiger partial charge in [-0.25, -0.2) is 4.79 Å². The third-order valence-corrected chi connectivity index (χ3v) is 2.34. The van der Waals surface area contributed by atoms with Gasteiger partial charge in [0.1, 0.15) is 0 Å². The monoisotopic (exact) mass is 184 g/mol. The molecule has 0 aromatic heterocycles. The Balaban J connectivity index is 4.06. The molecule has 0 aromatic rings. The molecule has 0 saturated carbocycles. The van der Waals surface area contributed by atoms with E-state index in [9.17, 15) is 4.79 Å². The Labute approximate surface area is 80.7 Å². The molecule has 0 rings (SSSR count). The summed E-state index contributed by atoms with van der Waals surface area (Å²) in [5, 5.41) is 8.65. The Bertz CT molecular complexity index is 194. The zero-order valence-electron chi connectivity index (χ0n) is 9.00. The normalized spacial score (nSPS) is 16.8. The molecule has 1 N–H and O–H groups in total. The van der Waals surface area contributed by atoms with E-state index < -0.39 is 5.97 Å².